The van der Waals surface area contributed by atoms with Crippen molar-refractivity contribution in [2.24, 2.45) is 0 Å². The van der Waals surface area contributed by atoms with Crippen LogP contribution in [0.4, 0.5) is 0 Å². The zero-order valence-electron chi connectivity index (χ0n) is 10.4. The average molecular weight is 276 g/mol. The maximum atomic E-state index is 11.4. The molecule has 96 valence electrons. The molecule has 0 amide bonds. The average Bonchev–Trinajstić information content (AvgIpc) is 2.26. The summed E-state index contributed by atoms with van der Waals surface area (Å²) < 4.78 is 22.8. The second-order valence-corrected chi connectivity index (χ2v) is 6.53. The van der Waals surface area contributed by atoms with Gasteiger partial charge in [-0.3, -0.25) is 4.90 Å². The molecular weight excluding hydrogens is 258 g/mol. The van der Waals surface area contributed by atoms with E-state index in [2.05, 4.69) is 18.7 Å². The third kappa shape index (κ3) is 3.98. The van der Waals surface area contributed by atoms with Crippen molar-refractivity contribution in [2.75, 3.05) is 13.1 Å². The number of rotatable bonds is 5. The predicted molar refractivity (Wildman–Crippen MR) is 70.8 cm³/mol. The van der Waals surface area contributed by atoms with Gasteiger partial charge in [0.15, 0.2) is 0 Å². The third-order valence-electron chi connectivity index (χ3n) is 2.82. The van der Waals surface area contributed by atoms with Gasteiger partial charge in [0.05, 0.1) is 4.90 Å². The zero-order chi connectivity index (χ0) is 13.1. The van der Waals surface area contributed by atoms with E-state index in [1.54, 1.807) is 19.1 Å². The van der Waals surface area contributed by atoms with Crippen LogP contribution in [0.3, 0.4) is 0 Å². The van der Waals surface area contributed by atoms with Crippen molar-refractivity contribution in [3.8, 4) is 0 Å². The monoisotopic (exact) mass is 275 g/mol. The van der Waals surface area contributed by atoms with Crippen LogP contribution in [-0.4, -0.2) is 26.4 Å². The zero-order valence-corrected chi connectivity index (χ0v) is 12.0. The Morgan fingerprint density at radius 3 is 2.29 bits per heavy atom. The summed E-state index contributed by atoms with van der Waals surface area (Å²) in [6.07, 6.45) is 0. The summed E-state index contributed by atoms with van der Waals surface area (Å²) in [5.74, 6) is 0. The van der Waals surface area contributed by atoms with Gasteiger partial charge in [-0.05, 0) is 37.2 Å². The van der Waals surface area contributed by atoms with E-state index in [0.29, 0.717) is 5.56 Å². The molecule has 5 heteroatoms. The van der Waals surface area contributed by atoms with Crippen LogP contribution < -0.4 is 0 Å². The molecule has 0 aromatic heterocycles. The maximum absolute atomic E-state index is 11.4. The highest BCUT2D eigenvalue weighted by Crippen LogP contribution is 2.21. The highest BCUT2D eigenvalue weighted by molar-refractivity contribution is 8.13. The van der Waals surface area contributed by atoms with Crippen LogP contribution in [0, 0.1) is 6.92 Å². The van der Waals surface area contributed by atoms with Crippen LogP contribution in [0.5, 0.6) is 0 Å². The molecule has 3 nitrogen and oxygen atoms in total. The third-order valence-corrected chi connectivity index (χ3v) is 4.28. The number of halogens is 1. The van der Waals surface area contributed by atoms with Crippen molar-refractivity contribution >= 4 is 19.7 Å². The quantitative estimate of drug-likeness (QED) is 0.776. The molecule has 0 spiro atoms. The molecule has 0 aliphatic carbocycles. The molecule has 17 heavy (non-hydrogen) atoms. The van der Waals surface area contributed by atoms with Gasteiger partial charge in [-0.25, -0.2) is 8.42 Å². The first kappa shape index (κ1) is 14.5. The molecule has 0 bridgehead atoms. The molecule has 0 heterocycles. The van der Waals surface area contributed by atoms with E-state index in [-0.39, 0.29) is 4.90 Å². The Kier molecular flexibility index (Phi) is 4.98. The standard InChI is InChI=1S/C12H18ClNO2S/c1-4-14(5-2)9-11-7-6-10(3)12(8-11)17(13,15)16/h6-8H,4-5,9H2,1-3H3. The second-order valence-electron chi connectivity index (χ2n) is 4.00. The van der Waals surface area contributed by atoms with Crippen molar-refractivity contribution in [3.63, 3.8) is 0 Å². The van der Waals surface area contributed by atoms with E-state index >= 15 is 0 Å². The largest absolute Gasteiger partial charge is 0.300 e. The summed E-state index contributed by atoms with van der Waals surface area (Å²) in [7, 11) is 1.75. The van der Waals surface area contributed by atoms with Crippen LogP contribution in [0.2, 0.25) is 0 Å². The molecule has 0 N–H and O–H groups in total. The highest BCUT2D eigenvalue weighted by Gasteiger charge is 2.14. The summed E-state index contributed by atoms with van der Waals surface area (Å²) in [6, 6.07) is 5.41. The summed E-state index contributed by atoms with van der Waals surface area (Å²) in [5, 5.41) is 0. The Morgan fingerprint density at radius 1 is 1.24 bits per heavy atom. The molecule has 0 aliphatic heterocycles. The fourth-order valence-electron chi connectivity index (χ4n) is 1.71. The lowest BCUT2D eigenvalue weighted by Crippen LogP contribution is -2.22. The molecule has 0 unspecified atom stereocenters. The minimum absolute atomic E-state index is 0.212. The van der Waals surface area contributed by atoms with Gasteiger partial charge in [0.2, 0.25) is 0 Å². The number of aryl methyl sites for hydroxylation is 1. The van der Waals surface area contributed by atoms with Gasteiger partial charge in [0.25, 0.3) is 9.05 Å². The smallest absolute Gasteiger partial charge is 0.261 e. The molecule has 0 saturated carbocycles. The summed E-state index contributed by atoms with van der Waals surface area (Å²) in [6.45, 7) is 8.53. The van der Waals surface area contributed by atoms with Crippen molar-refractivity contribution in [1.29, 1.82) is 0 Å². The van der Waals surface area contributed by atoms with Gasteiger partial charge < -0.3 is 0 Å². The SMILES string of the molecule is CCN(CC)Cc1ccc(C)c(S(=O)(=O)Cl)c1. The highest BCUT2D eigenvalue weighted by atomic mass is 35.7. The van der Waals surface area contributed by atoms with Crippen LogP contribution in [0.1, 0.15) is 25.0 Å². The first-order valence-electron chi connectivity index (χ1n) is 5.65. The molecule has 0 saturated heterocycles. The molecular formula is C12H18ClNO2S. The van der Waals surface area contributed by atoms with Crippen LogP contribution in [0.15, 0.2) is 23.1 Å². The van der Waals surface area contributed by atoms with E-state index < -0.39 is 9.05 Å². The van der Waals surface area contributed by atoms with Crippen molar-refractivity contribution in [1.82, 2.24) is 4.90 Å². The van der Waals surface area contributed by atoms with E-state index in [0.717, 1.165) is 25.2 Å². The molecule has 0 aliphatic rings. The van der Waals surface area contributed by atoms with E-state index in [4.69, 9.17) is 10.7 Å². The van der Waals surface area contributed by atoms with Crippen LogP contribution in [-0.2, 0) is 15.6 Å². The second kappa shape index (κ2) is 5.85. The van der Waals surface area contributed by atoms with Crippen molar-refractivity contribution < 1.29 is 8.42 Å². The molecule has 0 fully saturated rings. The van der Waals surface area contributed by atoms with Gasteiger partial charge >= 0.3 is 0 Å². The van der Waals surface area contributed by atoms with Crippen LogP contribution >= 0.6 is 10.7 Å². The molecule has 1 rings (SSSR count). The van der Waals surface area contributed by atoms with E-state index in [1.165, 1.54) is 0 Å². The lowest BCUT2D eigenvalue weighted by molar-refractivity contribution is 0.295. The number of nitrogens with zero attached hydrogens (tertiary/aromatic N) is 1. The Morgan fingerprint density at radius 2 is 1.82 bits per heavy atom. The summed E-state index contributed by atoms with van der Waals surface area (Å²) in [5.41, 5.74) is 1.65. The first-order valence-corrected chi connectivity index (χ1v) is 7.96. The molecule has 1 aromatic carbocycles. The Balaban J connectivity index is 3.05. The Labute approximate surface area is 108 Å². The van der Waals surface area contributed by atoms with Crippen molar-refractivity contribution in [2.45, 2.75) is 32.2 Å². The van der Waals surface area contributed by atoms with Crippen molar-refractivity contribution in [3.05, 3.63) is 29.3 Å². The minimum Gasteiger partial charge on any atom is -0.300 e. The Hall–Kier alpha value is -0.580. The molecule has 0 radical (unpaired) electrons. The van der Waals surface area contributed by atoms with Gasteiger partial charge in [-0.1, -0.05) is 26.0 Å². The summed E-state index contributed by atoms with van der Waals surface area (Å²) >= 11 is 0. The van der Waals surface area contributed by atoms with Gasteiger partial charge in [0, 0.05) is 17.2 Å². The van der Waals surface area contributed by atoms with Gasteiger partial charge in [0.1, 0.15) is 0 Å². The normalized spacial score (nSPS) is 12.1. The fourth-order valence-corrected chi connectivity index (χ4v) is 2.95. The number of benzene rings is 1. The molecule has 1 aromatic rings. The van der Waals surface area contributed by atoms with Gasteiger partial charge in [-0.15, -0.1) is 0 Å². The minimum atomic E-state index is -3.65. The lowest BCUT2D eigenvalue weighted by Gasteiger charge is -2.18. The number of hydrogen-bond donors (Lipinski definition) is 0. The Bertz CT molecular complexity index is 481. The van der Waals surface area contributed by atoms with E-state index in [9.17, 15) is 8.42 Å². The predicted octanol–water partition coefficient (Wildman–Crippen LogP) is 2.76. The fraction of sp³-hybridized carbons (Fsp3) is 0.500. The maximum Gasteiger partial charge on any atom is 0.261 e. The number of hydrogen-bond acceptors (Lipinski definition) is 3. The van der Waals surface area contributed by atoms with Gasteiger partial charge in [-0.2, -0.15) is 0 Å². The van der Waals surface area contributed by atoms with E-state index in [1.807, 2.05) is 6.07 Å². The first-order chi connectivity index (χ1) is 7.88. The topological polar surface area (TPSA) is 37.4 Å². The van der Waals surface area contributed by atoms with Crippen LogP contribution in [0.25, 0.3) is 0 Å². The molecule has 0 atom stereocenters. The lowest BCUT2D eigenvalue weighted by atomic mass is 10.1. The summed E-state index contributed by atoms with van der Waals surface area (Å²) in [4.78, 5) is 2.43.